The number of aliphatic hydroxyl groups is 3. The van der Waals surface area contributed by atoms with Crippen molar-refractivity contribution in [3.63, 3.8) is 0 Å². The molecule has 4 aliphatic carbocycles. The Morgan fingerprint density at radius 3 is 2.28 bits per heavy atom. The lowest BCUT2D eigenvalue weighted by atomic mass is 9.42. The Kier molecular flexibility index (Phi) is 6.89. The molecule has 186 valence electrons. The van der Waals surface area contributed by atoms with E-state index in [0.29, 0.717) is 29.6 Å². The smallest absolute Gasteiger partial charge is 0.0985 e. The Labute approximate surface area is 197 Å². The first kappa shape index (κ1) is 25.0. The van der Waals surface area contributed by atoms with Crippen LogP contribution in [0.3, 0.4) is 0 Å². The Bertz CT molecular complexity index is 663. The molecule has 4 rings (SSSR count). The second-order valence-electron chi connectivity index (χ2n) is 13.6. The fourth-order valence-electron chi connectivity index (χ4n) is 9.92. The molecule has 0 amide bonds. The van der Waals surface area contributed by atoms with Crippen molar-refractivity contribution in [3.8, 4) is 0 Å². The summed E-state index contributed by atoms with van der Waals surface area (Å²) in [4.78, 5) is 0. The predicted molar refractivity (Wildman–Crippen MR) is 131 cm³/mol. The average Bonchev–Trinajstić information content (AvgIpc) is 3.08. The summed E-state index contributed by atoms with van der Waals surface area (Å²) < 4.78 is 0. The largest absolute Gasteiger partial charge is 0.393 e. The average molecular weight is 449 g/mol. The lowest BCUT2D eigenvalue weighted by molar-refractivity contribution is -0.264. The second kappa shape index (κ2) is 8.83. The number of aliphatic hydroxyl groups excluding tert-OH is 2. The quantitative estimate of drug-likeness (QED) is 0.454. The zero-order valence-corrected chi connectivity index (χ0v) is 21.8. The van der Waals surface area contributed by atoms with E-state index < -0.39 is 17.8 Å². The van der Waals surface area contributed by atoms with E-state index in [-0.39, 0.29) is 5.41 Å². The van der Waals surface area contributed by atoms with Gasteiger partial charge in [0, 0.05) is 11.8 Å². The van der Waals surface area contributed by atoms with Crippen molar-refractivity contribution < 1.29 is 15.3 Å². The molecule has 4 aliphatic rings. The molecule has 0 aliphatic heterocycles. The van der Waals surface area contributed by atoms with Gasteiger partial charge in [-0.25, -0.2) is 0 Å². The van der Waals surface area contributed by atoms with Crippen LogP contribution in [-0.4, -0.2) is 33.1 Å². The molecule has 0 aromatic rings. The summed E-state index contributed by atoms with van der Waals surface area (Å²) in [6, 6.07) is 0. The SMILES string of the molecule is CC[C@@H](CC[C@@H](C)[C@H]1CCC2C3C[C@H](O)[C@@]4(O)C[C@@H](O)CC[C@]4(C)C3CC[C@@]21C)C(C)C. The molecule has 32 heavy (non-hydrogen) atoms. The van der Waals surface area contributed by atoms with Crippen molar-refractivity contribution in [3.05, 3.63) is 0 Å². The first-order chi connectivity index (χ1) is 15.0. The van der Waals surface area contributed by atoms with E-state index in [9.17, 15) is 15.3 Å². The van der Waals surface area contributed by atoms with Crippen LogP contribution < -0.4 is 0 Å². The maximum Gasteiger partial charge on any atom is 0.0985 e. The molecule has 0 aromatic heterocycles. The molecule has 3 N–H and O–H groups in total. The van der Waals surface area contributed by atoms with E-state index in [1.54, 1.807) is 0 Å². The van der Waals surface area contributed by atoms with Gasteiger partial charge in [0.25, 0.3) is 0 Å². The summed E-state index contributed by atoms with van der Waals surface area (Å²) >= 11 is 0. The second-order valence-corrected chi connectivity index (χ2v) is 13.6. The fourth-order valence-corrected chi connectivity index (χ4v) is 9.92. The zero-order valence-electron chi connectivity index (χ0n) is 21.8. The highest BCUT2D eigenvalue weighted by Crippen LogP contribution is 2.69. The molecule has 0 saturated heterocycles. The zero-order chi connectivity index (χ0) is 23.5. The van der Waals surface area contributed by atoms with Crippen molar-refractivity contribution in [1.29, 1.82) is 0 Å². The standard InChI is InChI=1S/C29H52O3/c1-7-20(18(2)3)9-8-19(4)23-10-11-24-22-16-26(31)29(32)17-21(30)12-15-28(29,6)25(22)13-14-27(23,24)5/h18-26,30-32H,7-17H2,1-6H3/t19-,20+,21+,22?,23-,24?,25?,26+,27-,28-,29+/m1/s1. The topological polar surface area (TPSA) is 60.7 Å². The lowest BCUT2D eigenvalue weighted by Gasteiger charge is -2.65. The Balaban J connectivity index is 1.51. The van der Waals surface area contributed by atoms with Crippen molar-refractivity contribution in [2.75, 3.05) is 0 Å². The minimum atomic E-state index is -1.11. The van der Waals surface area contributed by atoms with Crippen LogP contribution >= 0.6 is 0 Å². The molecule has 0 radical (unpaired) electrons. The Morgan fingerprint density at radius 1 is 0.906 bits per heavy atom. The van der Waals surface area contributed by atoms with Crippen molar-refractivity contribution >= 4 is 0 Å². The van der Waals surface area contributed by atoms with E-state index in [4.69, 9.17) is 0 Å². The molecular formula is C29H52O3. The molecule has 0 spiro atoms. The summed E-state index contributed by atoms with van der Waals surface area (Å²) in [6.07, 6.45) is 10.7. The molecule has 0 heterocycles. The highest BCUT2D eigenvalue weighted by molar-refractivity contribution is 5.17. The maximum absolute atomic E-state index is 11.7. The summed E-state index contributed by atoms with van der Waals surface area (Å²) in [5.41, 5.74) is -0.984. The predicted octanol–water partition coefficient (Wildman–Crippen LogP) is 6.19. The monoisotopic (exact) mass is 448 g/mol. The van der Waals surface area contributed by atoms with Gasteiger partial charge in [-0.2, -0.15) is 0 Å². The van der Waals surface area contributed by atoms with Gasteiger partial charge in [-0.1, -0.05) is 54.4 Å². The van der Waals surface area contributed by atoms with Crippen LogP contribution in [0.1, 0.15) is 112 Å². The Morgan fingerprint density at radius 2 is 1.62 bits per heavy atom. The first-order valence-electron chi connectivity index (χ1n) is 14.1. The van der Waals surface area contributed by atoms with E-state index >= 15 is 0 Å². The first-order valence-corrected chi connectivity index (χ1v) is 14.1. The minimum Gasteiger partial charge on any atom is -0.393 e. The summed E-state index contributed by atoms with van der Waals surface area (Å²) in [7, 11) is 0. The molecule has 3 nitrogen and oxygen atoms in total. The van der Waals surface area contributed by atoms with Crippen LogP contribution in [0, 0.1) is 52.3 Å². The highest BCUT2D eigenvalue weighted by atomic mass is 16.3. The Hall–Kier alpha value is -0.120. The van der Waals surface area contributed by atoms with Gasteiger partial charge in [0.2, 0.25) is 0 Å². The normalized spacial score (nSPS) is 50.4. The van der Waals surface area contributed by atoms with Gasteiger partial charge in [0.05, 0.1) is 17.8 Å². The molecule has 0 bridgehead atoms. The molecule has 4 fully saturated rings. The number of hydrogen-bond acceptors (Lipinski definition) is 3. The van der Waals surface area contributed by atoms with E-state index in [1.165, 1.54) is 44.9 Å². The van der Waals surface area contributed by atoms with Crippen LogP contribution in [0.2, 0.25) is 0 Å². The molecule has 3 heteroatoms. The minimum absolute atomic E-state index is 0.259. The maximum atomic E-state index is 11.7. The van der Waals surface area contributed by atoms with Crippen LogP contribution in [0.15, 0.2) is 0 Å². The van der Waals surface area contributed by atoms with E-state index in [1.807, 2.05) is 0 Å². The summed E-state index contributed by atoms with van der Waals surface area (Å²) in [5.74, 6) is 4.92. The summed E-state index contributed by atoms with van der Waals surface area (Å²) in [5, 5.41) is 33.2. The van der Waals surface area contributed by atoms with Gasteiger partial charge in [0.1, 0.15) is 0 Å². The lowest BCUT2D eigenvalue weighted by Crippen LogP contribution is -2.68. The molecule has 3 unspecified atom stereocenters. The number of rotatable bonds is 6. The van der Waals surface area contributed by atoms with Crippen molar-refractivity contribution in [2.45, 2.75) is 130 Å². The van der Waals surface area contributed by atoms with Gasteiger partial charge in [-0.05, 0) is 98.2 Å². The van der Waals surface area contributed by atoms with Crippen LogP contribution in [0.5, 0.6) is 0 Å². The number of hydrogen-bond donors (Lipinski definition) is 3. The van der Waals surface area contributed by atoms with Gasteiger partial charge in [-0.3, -0.25) is 0 Å². The highest BCUT2D eigenvalue weighted by Gasteiger charge is 2.67. The van der Waals surface area contributed by atoms with Gasteiger partial charge in [0.15, 0.2) is 0 Å². The third-order valence-corrected chi connectivity index (χ3v) is 12.1. The van der Waals surface area contributed by atoms with E-state index in [2.05, 4.69) is 41.5 Å². The molecular weight excluding hydrogens is 396 g/mol. The van der Waals surface area contributed by atoms with Crippen molar-refractivity contribution in [2.24, 2.45) is 52.3 Å². The van der Waals surface area contributed by atoms with Gasteiger partial charge < -0.3 is 15.3 Å². The van der Waals surface area contributed by atoms with Gasteiger partial charge >= 0.3 is 0 Å². The van der Waals surface area contributed by atoms with E-state index in [0.717, 1.165) is 42.9 Å². The summed E-state index contributed by atoms with van der Waals surface area (Å²) in [6.45, 7) is 14.5. The third kappa shape index (κ3) is 3.72. The fraction of sp³-hybridized carbons (Fsp3) is 1.00. The van der Waals surface area contributed by atoms with Crippen LogP contribution in [0.4, 0.5) is 0 Å². The van der Waals surface area contributed by atoms with Crippen molar-refractivity contribution in [1.82, 2.24) is 0 Å². The van der Waals surface area contributed by atoms with Gasteiger partial charge in [-0.15, -0.1) is 0 Å². The van der Waals surface area contributed by atoms with Crippen LogP contribution in [-0.2, 0) is 0 Å². The molecule has 11 atom stereocenters. The number of fused-ring (bicyclic) bond motifs is 5. The third-order valence-electron chi connectivity index (χ3n) is 12.1. The van der Waals surface area contributed by atoms with Crippen LogP contribution in [0.25, 0.3) is 0 Å². The molecule has 0 aromatic carbocycles. The molecule has 4 saturated carbocycles.